The van der Waals surface area contributed by atoms with Crippen molar-refractivity contribution in [3.05, 3.63) is 94.1 Å². The van der Waals surface area contributed by atoms with Crippen molar-refractivity contribution in [2.24, 2.45) is 4.99 Å². The monoisotopic (exact) mass is 463 g/mol. The van der Waals surface area contributed by atoms with Gasteiger partial charge in [0.15, 0.2) is 17.2 Å². The maximum absolute atomic E-state index is 12.2. The van der Waals surface area contributed by atoms with Crippen LogP contribution in [0.3, 0.4) is 0 Å². The summed E-state index contributed by atoms with van der Waals surface area (Å²) in [5, 5.41) is 0.700. The zero-order valence-electron chi connectivity index (χ0n) is 18.2. The van der Waals surface area contributed by atoms with E-state index in [4.69, 9.17) is 30.5 Å². The van der Waals surface area contributed by atoms with Gasteiger partial charge in [0.1, 0.15) is 19.0 Å². The van der Waals surface area contributed by atoms with Crippen molar-refractivity contribution >= 4 is 29.5 Å². The van der Waals surface area contributed by atoms with Gasteiger partial charge in [0.2, 0.25) is 5.90 Å². The molecule has 7 heteroatoms. The fraction of sp³-hybridized carbons (Fsp3) is 0.154. The predicted octanol–water partition coefficient (Wildman–Crippen LogP) is 5.46. The molecular formula is C26H22ClNO5. The van der Waals surface area contributed by atoms with Crippen LogP contribution < -0.4 is 14.2 Å². The van der Waals surface area contributed by atoms with Crippen molar-refractivity contribution in [1.29, 1.82) is 0 Å². The number of cyclic esters (lactones) is 1. The van der Waals surface area contributed by atoms with Gasteiger partial charge >= 0.3 is 5.97 Å². The van der Waals surface area contributed by atoms with Crippen molar-refractivity contribution in [2.75, 3.05) is 20.3 Å². The molecule has 0 saturated heterocycles. The molecule has 0 aromatic heterocycles. The minimum Gasteiger partial charge on any atom is -0.493 e. The molecule has 168 valence electrons. The first-order chi connectivity index (χ1) is 16.0. The molecule has 6 nitrogen and oxygen atoms in total. The summed E-state index contributed by atoms with van der Waals surface area (Å²) in [6.45, 7) is 2.61. The van der Waals surface area contributed by atoms with Crippen LogP contribution >= 0.6 is 11.6 Å². The first-order valence-corrected chi connectivity index (χ1v) is 10.7. The van der Waals surface area contributed by atoms with Crippen molar-refractivity contribution in [2.45, 2.75) is 6.92 Å². The fourth-order valence-corrected chi connectivity index (χ4v) is 3.30. The molecule has 3 aromatic rings. The van der Waals surface area contributed by atoms with Crippen molar-refractivity contribution < 1.29 is 23.7 Å². The van der Waals surface area contributed by atoms with Gasteiger partial charge in [-0.25, -0.2) is 9.79 Å². The first kappa shape index (κ1) is 22.4. The number of aryl methyl sites for hydroxylation is 1. The second-order valence-electron chi connectivity index (χ2n) is 7.22. The van der Waals surface area contributed by atoms with E-state index in [1.54, 1.807) is 31.4 Å². The molecule has 0 N–H and O–H groups in total. The highest BCUT2D eigenvalue weighted by Crippen LogP contribution is 2.30. The van der Waals surface area contributed by atoms with Gasteiger partial charge in [-0.2, -0.15) is 0 Å². The summed E-state index contributed by atoms with van der Waals surface area (Å²) in [6, 6.07) is 20.1. The van der Waals surface area contributed by atoms with Gasteiger partial charge in [-0.1, -0.05) is 35.9 Å². The Morgan fingerprint density at radius 2 is 1.76 bits per heavy atom. The number of halogens is 1. The third-order valence-electron chi connectivity index (χ3n) is 4.87. The Morgan fingerprint density at radius 3 is 2.52 bits per heavy atom. The van der Waals surface area contributed by atoms with E-state index in [2.05, 4.69) is 4.99 Å². The molecule has 4 rings (SSSR count). The third kappa shape index (κ3) is 5.54. The van der Waals surface area contributed by atoms with Gasteiger partial charge in [-0.05, 0) is 66.6 Å². The number of aliphatic imine (C=N–C) groups is 1. The summed E-state index contributed by atoms with van der Waals surface area (Å²) in [7, 11) is 1.56. The van der Waals surface area contributed by atoms with Gasteiger partial charge in [-0.15, -0.1) is 0 Å². The molecule has 0 fully saturated rings. The molecule has 0 bridgehead atoms. The topological polar surface area (TPSA) is 66.4 Å². The zero-order chi connectivity index (χ0) is 23.2. The minimum absolute atomic E-state index is 0.219. The summed E-state index contributed by atoms with van der Waals surface area (Å²) >= 11 is 6.03. The van der Waals surface area contributed by atoms with Crippen LogP contribution in [0, 0.1) is 6.92 Å². The van der Waals surface area contributed by atoms with E-state index in [9.17, 15) is 4.79 Å². The SMILES string of the molecule is COc1cc(C=C2N=C(c3ccccc3)OC2=O)ccc1OCCOc1ccc(Cl)c(C)c1. The number of hydrogen-bond acceptors (Lipinski definition) is 6. The number of esters is 1. The van der Waals surface area contributed by atoms with Gasteiger partial charge in [-0.3, -0.25) is 0 Å². The number of carbonyl (C=O) groups is 1. The van der Waals surface area contributed by atoms with Crippen molar-refractivity contribution in [3.63, 3.8) is 0 Å². The summed E-state index contributed by atoms with van der Waals surface area (Å²) in [5.41, 5.74) is 2.65. The molecule has 33 heavy (non-hydrogen) atoms. The van der Waals surface area contributed by atoms with Gasteiger partial charge < -0.3 is 18.9 Å². The van der Waals surface area contributed by atoms with E-state index in [0.29, 0.717) is 29.7 Å². The number of methoxy groups -OCH3 is 1. The molecule has 3 aromatic carbocycles. The second kappa shape index (κ2) is 10.2. The lowest BCUT2D eigenvalue weighted by Gasteiger charge is -2.12. The number of nitrogens with zero attached hydrogens (tertiary/aromatic N) is 1. The van der Waals surface area contributed by atoms with Crippen LogP contribution in [0.2, 0.25) is 5.02 Å². The highest BCUT2D eigenvalue weighted by atomic mass is 35.5. The molecule has 0 atom stereocenters. The Labute approximate surface area is 197 Å². The highest BCUT2D eigenvalue weighted by molar-refractivity contribution is 6.31. The Morgan fingerprint density at radius 1 is 0.970 bits per heavy atom. The molecule has 1 aliphatic rings. The van der Waals surface area contributed by atoms with Crippen LogP contribution in [-0.2, 0) is 9.53 Å². The van der Waals surface area contributed by atoms with E-state index < -0.39 is 5.97 Å². The average Bonchev–Trinajstić information content (AvgIpc) is 3.20. The zero-order valence-corrected chi connectivity index (χ0v) is 19.0. The van der Waals surface area contributed by atoms with Gasteiger partial charge in [0.05, 0.1) is 7.11 Å². The molecule has 0 amide bonds. The normalized spacial score (nSPS) is 14.1. The Balaban J connectivity index is 1.40. The lowest BCUT2D eigenvalue weighted by atomic mass is 10.1. The number of hydrogen-bond donors (Lipinski definition) is 0. The Bertz CT molecular complexity index is 1220. The van der Waals surface area contributed by atoms with E-state index in [0.717, 1.165) is 22.4 Å². The summed E-state index contributed by atoms with van der Waals surface area (Å²) in [6.07, 6.45) is 1.65. The molecule has 1 aliphatic heterocycles. The average molecular weight is 464 g/mol. The van der Waals surface area contributed by atoms with Gasteiger partial charge in [0, 0.05) is 10.6 Å². The van der Waals surface area contributed by atoms with Crippen LogP contribution in [-0.4, -0.2) is 32.2 Å². The predicted molar refractivity (Wildman–Crippen MR) is 127 cm³/mol. The van der Waals surface area contributed by atoms with Crippen LogP contribution in [0.15, 0.2) is 77.4 Å². The lowest BCUT2D eigenvalue weighted by Crippen LogP contribution is -2.09. The standard InChI is InChI=1S/C26H22ClNO5/c1-17-14-20(9-10-21(17)27)31-12-13-32-23-11-8-18(16-24(23)30-2)15-22-26(29)33-25(28-22)19-6-4-3-5-7-19/h3-11,14-16H,12-13H2,1-2H3. The second-order valence-corrected chi connectivity index (χ2v) is 7.63. The fourth-order valence-electron chi connectivity index (χ4n) is 3.18. The maximum atomic E-state index is 12.2. The van der Waals surface area contributed by atoms with E-state index in [-0.39, 0.29) is 11.6 Å². The van der Waals surface area contributed by atoms with Gasteiger partial charge in [0.25, 0.3) is 0 Å². The molecule has 0 aliphatic carbocycles. The molecule has 0 unspecified atom stereocenters. The smallest absolute Gasteiger partial charge is 0.363 e. The van der Waals surface area contributed by atoms with Crippen LogP contribution in [0.1, 0.15) is 16.7 Å². The first-order valence-electron chi connectivity index (χ1n) is 10.3. The number of ether oxygens (including phenoxy) is 4. The largest absolute Gasteiger partial charge is 0.493 e. The quantitative estimate of drug-likeness (QED) is 0.252. The number of rotatable bonds is 8. The van der Waals surface area contributed by atoms with Crippen LogP contribution in [0.5, 0.6) is 17.2 Å². The number of carbonyl (C=O) groups excluding carboxylic acids is 1. The molecular weight excluding hydrogens is 442 g/mol. The van der Waals surface area contributed by atoms with Crippen molar-refractivity contribution in [1.82, 2.24) is 0 Å². The summed E-state index contributed by atoms with van der Waals surface area (Å²) in [5.74, 6) is 1.62. The van der Waals surface area contributed by atoms with Crippen molar-refractivity contribution in [3.8, 4) is 17.2 Å². The van der Waals surface area contributed by atoms with E-state index in [1.165, 1.54) is 0 Å². The molecule has 0 saturated carbocycles. The minimum atomic E-state index is -0.497. The highest BCUT2D eigenvalue weighted by Gasteiger charge is 2.24. The third-order valence-corrected chi connectivity index (χ3v) is 5.30. The van der Waals surface area contributed by atoms with E-state index in [1.807, 2.05) is 55.5 Å². The summed E-state index contributed by atoms with van der Waals surface area (Å²) in [4.78, 5) is 16.6. The van der Waals surface area contributed by atoms with Crippen LogP contribution in [0.4, 0.5) is 0 Å². The van der Waals surface area contributed by atoms with E-state index >= 15 is 0 Å². The molecule has 0 spiro atoms. The summed E-state index contributed by atoms with van der Waals surface area (Å²) < 4.78 is 22.3. The molecule has 0 radical (unpaired) electrons. The maximum Gasteiger partial charge on any atom is 0.363 e. The lowest BCUT2D eigenvalue weighted by molar-refractivity contribution is -0.129. The van der Waals surface area contributed by atoms with Crippen LogP contribution in [0.25, 0.3) is 6.08 Å². The number of benzene rings is 3. The Hall–Kier alpha value is -3.77. The molecule has 1 heterocycles. The Kier molecular flexibility index (Phi) is 6.95.